The molecular weight excluding hydrogens is 227 g/mol. The number of H-pyrrole nitrogens is 1. The molecule has 0 fully saturated rings. The van der Waals surface area contributed by atoms with E-state index in [0.717, 1.165) is 20.5 Å². The van der Waals surface area contributed by atoms with Crippen LogP contribution in [0.4, 0.5) is 0 Å². The average Bonchev–Trinajstić information content (AvgIpc) is 2.35. The second-order valence-corrected chi connectivity index (χ2v) is 3.32. The molecule has 0 saturated carbocycles. The Kier molecular flexibility index (Phi) is 1.62. The van der Waals surface area contributed by atoms with E-state index < -0.39 is 0 Å². The van der Waals surface area contributed by atoms with Gasteiger partial charge in [-0.15, -0.1) is 0 Å². The van der Waals surface area contributed by atoms with Gasteiger partial charge in [0.05, 0.1) is 10.5 Å². The Morgan fingerprint density at radius 1 is 1.55 bits per heavy atom. The summed E-state index contributed by atoms with van der Waals surface area (Å²) in [6.45, 7) is 0. The molecule has 0 radical (unpaired) electrons. The largest absolute Gasteiger partial charge is 0.358 e. The quantitative estimate of drug-likeness (QED) is 0.694. The molecule has 0 aromatic carbocycles. The zero-order valence-corrected chi connectivity index (χ0v) is 7.78. The monoisotopic (exact) mass is 230 g/mol. The lowest BCUT2D eigenvalue weighted by atomic mass is 10.3. The lowest BCUT2D eigenvalue weighted by molar-refractivity contribution is 1.29. The molecule has 0 aliphatic rings. The Morgan fingerprint density at radius 2 is 2.36 bits per heavy atom. The summed E-state index contributed by atoms with van der Waals surface area (Å²) in [6, 6.07) is 1.87. The number of halogens is 2. The van der Waals surface area contributed by atoms with Crippen LogP contribution in [0.1, 0.15) is 0 Å². The third-order valence-electron chi connectivity index (χ3n) is 1.51. The van der Waals surface area contributed by atoms with Crippen molar-refractivity contribution < 1.29 is 0 Å². The van der Waals surface area contributed by atoms with Gasteiger partial charge in [-0.05, 0) is 22.0 Å². The van der Waals surface area contributed by atoms with Crippen molar-refractivity contribution in [2.45, 2.75) is 0 Å². The molecule has 2 rings (SSSR count). The van der Waals surface area contributed by atoms with E-state index in [4.69, 9.17) is 11.6 Å². The summed E-state index contributed by atoms with van der Waals surface area (Å²) in [4.78, 5) is 7.06. The number of hydrogen-bond donors (Lipinski definition) is 1. The molecule has 2 aromatic rings. The van der Waals surface area contributed by atoms with Crippen LogP contribution in [0.25, 0.3) is 10.9 Å². The van der Waals surface area contributed by atoms with E-state index in [1.165, 1.54) is 0 Å². The molecule has 11 heavy (non-hydrogen) atoms. The van der Waals surface area contributed by atoms with E-state index >= 15 is 0 Å². The van der Waals surface area contributed by atoms with Gasteiger partial charge in [0.25, 0.3) is 0 Å². The van der Waals surface area contributed by atoms with E-state index in [1.807, 2.05) is 6.07 Å². The van der Waals surface area contributed by atoms with Gasteiger partial charge in [0.15, 0.2) is 0 Å². The molecule has 1 N–H and O–H groups in total. The molecule has 0 spiro atoms. The van der Waals surface area contributed by atoms with Crippen LogP contribution in [0, 0.1) is 0 Å². The molecule has 2 nitrogen and oxygen atoms in total. The van der Waals surface area contributed by atoms with E-state index in [0.29, 0.717) is 0 Å². The fourth-order valence-corrected chi connectivity index (χ4v) is 1.64. The Morgan fingerprint density at radius 3 is 3.09 bits per heavy atom. The number of aromatic amines is 1. The highest BCUT2D eigenvalue weighted by Gasteiger charge is 2.03. The first-order valence-corrected chi connectivity index (χ1v) is 4.23. The minimum absolute atomic E-state index is 0.725. The van der Waals surface area contributed by atoms with Gasteiger partial charge < -0.3 is 4.98 Å². The van der Waals surface area contributed by atoms with Gasteiger partial charge in [-0.2, -0.15) is 0 Å². The third-order valence-corrected chi connectivity index (χ3v) is 2.42. The van der Waals surface area contributed by atoms with E-state index in [1.54, 1.807) is 12.4 Å². The van der Waals surface area contributed by atoms with Crippen LogP contribution in [-0.2, 0) is 0 Å². The molecule has 0 aliphatic heterocycles. The van der Waals surface area contributed by atoms with Crippen molar-refractivity contribution >= 4 is 38.4 Å². The van der Waals surface area contributed by atoms with Crippen molar-refractivity contribution in [3.05, 3.63) is 28.1 Å². The van der Waals surface area contributed by atoms with Gasteiger partial charge in [0.1, 0.15) is 4.60 Å². The fourth-order valence-electron chi connectivity index (χ4n) is 0.986. The highest BCUT2D eigenvalue weighted by Crippen LogP contribution is 2.26. The Balaban J connectivity index is 2.94. The summed E-state index contributed by atoms with van der Waals surface area (Å²) in [5.41, 5.74) is 0.942. The lowest BCUT2D eigenvalue weighted by Crippen LogP contribution is -1.75. The van der Waals surface area contributed by atoms with Gasteiger partial charge >= 0.3 is 0 Å². The maximum absolute atomic E-state index is 5.86. The number of nitrogens with one attached hydrogen (secondary N) is 1. The van der Waals surface area contributed by atoms with Crippen LogP contribution < -0.4 is 0 Å². The highest BCUT2D eigenvalue weighted by atomic mass is 79.9. The zero-order chi connectivity index (χ0) is 7.84. The number of rotatable bonds is 0. The molecule has 2 heterocycles. The van der Waals surface area contributed by atoms with Gasteiger partial charge in [-0.3, -0.25) is 0 Å². The first kappa shape index (κ1) is 7.13. The molecule has 0 amide bonds. The van der Waals surface area contributed by atoms with Crippen LogP contribution in [0.5, 0.6) is 0 Å². The minimum Gasteiger partial charge on any atom is -0.358 e. The summed E-state index contributed by atoms with van der Waals surface area (Å²) in [5.74, 6) is 0. The second kappa shape index (κ2) is 2.50. The molecule has 0 aliphatic carbocycles. The number of pyridine rings is 1. The van der Waals surface area contributed by atoms with Crippen LogP contribution in [0.15, 0.2) is 23.1 Å². The lowest BCUT2D eigenvalue weighted by Gasteiger charge is -1.90. The Labute approximate surface area is 76.7 Å². The second-order valence-electron chi connectivity index (χ2n) is 2.16. The average molecular weight is 231 g/mol. The molecule has 2 aromatic heterocycles. The van der Waals surface area contributed by atoms with Crippen LogP contribution in [-0.4, -0.2) is 9.97 Å². The van der Waals surface area contributed by atoms with Crippen molar-refractivity contribution in [2.75, 3.05) is 0 Å². The SMILES string of the molecule is Clc1c[nH]c2c(Br)nccc12. The zero-order valence-electron chi connectivity index (χ0n) is 5.44. The van der Waals surface area contributed by atoms with E-state index in [-0.39, 0.29) is 0 Å². The molecule has 0 unspecified atom stereocenters. The van der Waals surface area contributed by atoms with Crippen molar-refractivity contribution in [1.82, 2.24) is 9.97 Å². The summed E-state index contributed by atoms with van der Waals surface area (Å²) in [6.07, 6.45) is 3.46. The standard InChI is InChI=1S/C7H4BrClN2/c8-7-6-4(1-2-10-7)5(9)3-11-6/h1-3,11H. The van der Waals surface area contributed by atoms with Crippen LogP contribution in [0.3, 0.4) is 0 Å². The van der Waals surface area contributed by atoms with Gasteiger partial charge in [-0.25, -0.2) is 4.98 Å². The predicted octanol–water partition coefficient (Wildman–Crippen LogP) is 2.98. The predicted molar refractivity (Wildman–Crippen MR) is 48.8 cm³/mol. The summed E-state index contributed by atoms with van der Waals surface area (Å²) in [5, 5.41) is 1.72. The molecule has 4 heteroatoms. The number of nitrogens with zero attached hydrogens (tertiary/aromatic N) is 1. The molecule has 56 valence electrons. The first-order valence-electron chi connectivity index (χ1n) is 3.06. The van der Waals surface area contributed by atoms with Crippen molar-refractivity contribution in [2.24, 2.45) is 0 Å². The van der Waals surface area contributed by atoms with Gasteiger partial charge in [0.2, 0.25) is 0 Å². The van der Waals surface area contributed by atoms with Crippen molar-refractivity contribution in [3.63, 3.8) is 0 Å². The maximum atomic E-state index is 5.86. The van der Waals surface area contributed by atoms with Gasteiger partial charge in [-0.1, -0.05) is 11.6 Å². The molecule has 0 saturated heterocycles. The normalized spacial score (nSPS) is 10.7. The first-order chi connectivity index (χ1) is 5.29. The molecular formula is C7H4BrClN2. The topological polar surface area (TPSA) is 28.7 Å². The van der Waals surface area contributed by atoms with Gasteiger partial charge in [0, 0.05) is 17.8 Å². The number of aromatic nitrogens is 2. The van der Waals surface area contributed by atoms with Crippen molar-refractivity contribution in [1.29, 1.82) is 0 Å². The smallest absolute Gasteiger partial charge is 0.130 e. The van der Waals surface area contributed by atoms with Crippen LogP contribution in [0.2, 0.25) is 5.02 Å². The Bertz CT molecular complexity index is 396. The Hall–Kier alpha value is -0.540. The van der Waals surface area contributed by atoms with Crippen LogP contribution >= 0.6 is 27.5 Å². The van der Waals surface area contributed by atoms with E-state index in [2.05, 4.69) is 25.9 Å². The number of hydrogen-bond acceptors (Lipinski definition) is 1. The fraction of sp³-hybridized carbons (Fsp3) is 0. The molecule has 0 bridgehead atoms. The maximum Gasteiger partial charge on any atom is 0.130 e. The molecule has 0 atom stereocenters. The highest BCUT2D eigenvalue weighted by molar-refractivity contribution is 9.10. The summed E-state index contributed by atoms with van der Waals surface area (Å²) >= 11 is 9.17. The minimum atomic E-state index is 0.725. The van der Waals surface area contributed by atoms with Crippen molar-refractivity contribution in [3.8, 4) is 0 Å². The third kappa shape index (κ3) is 1.04. The summed E-state index contributed by atoms with van der Waals surface area (Å²) in [7, 11) is 0. The van der Waals surface area contributed by atoms with E-state index in [9.17, 15) is 0 Å². The summed E-state index contributed by atoms with van der Waals surface area (Å²) < 4.78 is 0.793. The number of fused-ring (bicyclic) bond motifs is 1.